The monoisotopic (exact) mass is 342 g/mol. The molecule has 5 aliphatic rings. The molecule has 0 radical (unpaired) electrons. The Morgan fingerprint density at radius 2 is 1.96 bits per heavy atom. The molecule has 0 amide bonds. The van der Waals surface area contributed by atoms with Crippen molar-refractivity contribution in [2.75, 3.05) is 6.61 Å². The van der Waals surface area contributed by atoms with Gasteiger partial charge < -0.3 is 23.4 Å². The third-order valence-electron chi connectivity index (χ3n) is 6.14. The van der Waals surface area contributed by atoms with E-state index >= 15 is 0 Å². The minimum atomic E-state index is -2.07. The zero-order valence-corrected chi connectivity index (χ0v) is 15.5. The normalized spacial score (nSPS) is 46.1. The molecule has 1 saturated carbocycles. The molecule has 1 aliphatic carbocycles. The van der Waals surface area contributed by atoms with Crippen LogP contribution in [-0.2, 0) is 28.2 Å². The van der Waals surface area contributed by atoms with E-state index in [2.05, 4.69) is 33.9 Å². The van der Waals surface area contributed by atoms with Crippen LogP contribution in [-0.4, -0.2) is 57.2 Å². The first-order chi connectivity index (χ1) is 10.7. The van der Waals surface area contributed by atoms with Crippen molar-refractivity contribution < 1.29 is 28.2 Å². The second-order valence-corrected chi connectivity index (χ2v) is 13.3. The van der Waals surface area contributed by atoms with Crippen LogP contribution in [0, 0.1) is 0 Å². The Bertz CT molecular complexity index is 521. The Kier molecular flexibility index (Phi) is 3.42. The molecule has 6 atom stereocenters. The first-order valence-electron chi connectivity index (χ1n) is 8.48. The van der Waals surface area contributed by atoms with Crippen molar-refractivity contribution in [1.82, 2.24) is 0 Å². The van der Waals surface area contributed by atoms with Gasteiger partial charge >= 0.3 is 0 Å². The molecular weight excluding hydrogens is 316 g/mol. The minimum Gasteiger partial charge on any atom is -0.408 e. The molecule has 0 aromatic carbocycles. The van der Waals surface area contributed by atoms with Gasteiger partial charge in [-0.3, -0.25) is 4.79 Å². The van der Waals surface area contributed by atoms with Crippen molar-refractivity contribution in [1.29, 1.82) is 0 Å². The molecule has 4 saturated heterocycles. The summed E-state index contributed by atoms with van der Waals surface area (Å²) in [5, 5.41) is 0.0465. The molecule has 5 rings (SSSR count). The average molecular weight is 342 g/mol. The Morgan fingerprint density at radius 1 is 1.22 bits per heavy atom. The lowest BCUT2D eigenvalue weighted by atomic mass is 9.72. The van der Waals surface area contributed by atoms with Gasteiger partial charge in [0.2, 0.25) is 0 Å². The maximum Gasteiger partial charge on any atom is 0.273 e. The van der Waals surface area contributed by atoms with Crippen LogP contribution in [0.25, 0.3) is 0 Å². The maximum absolute atomic E-state index is 12.8. The van der Waals surface area contributed by atoms with Crippen LogP contribution < -0.4 is 0 Å². The molecule has 6 nitrogen and oxygen atoms in total. The fourth-order valence-electron chi connectivity index (χ4n) is 3.86. The Balaban J connectivity index is 1.69. The Morgan fingerprint density at radius 3 is 2.57 bits per heavy atom. The number of carbonyl (C=O) groups is 1. The summed E-state index contributed by atoms with van der Waals surface area (Å²) in [5.74, 6) is -0.0496. The quantitative estimate of drug-likeness (QED) is 0.715. The van der Waals surface area contributed by atoms with E-state index in [0.717, 1.165) is 12.8 Å². The van der Waals surface area contributed by atoms with Gasteiger partial charge in [0.25, 0.3) is 6.48 Å². The van der Waals surface area contributed by atoms with E-state index < -0.39 is 38.7 Å². The minimum absolute atomic E-state index is 0.0465. The van der Waals surface area contributed by atoms with E-state index in [4.69, 9.17) is 23.4 Å². The van der Waals surface area contributed by atoms with Crippen molar-refractivity contribution >= 4 is 14.1 Å². The zero-order chi connectivity index (χ0) is 16.6. The number of hydrogen-bond acceptors (Lipinski definition) is 6. The standard InChI is InChI=1S/C16H26O6Si/c1-15(2,3)23(4,5)22-11-10-9(17)12-16(7-6-8-18-16)13(11)21-14(19-10)20-12/h10-14H,6-8H2,1-5H3/t10-,11-,12-,13-,14-,16+/m0/s1. The van der Waals surface area contributed by atoms with Gasteiger partial charge in [0, 0.05) is 6.61 Å². The van der Waals surface area contributed by atoms with Crippen molar-refractivity contribution in [3.63, 3.8) is 0 Å². The molecule has 4 aliphatic heterocycles. The molecule has 0 aromatic rings. The van der Waals surface area contributed by atoms with Crippen molar-refractivity contribution in [2.24, 2.45) is 0 Å². The lowest BCUT2D eigenvalue weighted by Crippen LogP contribution is -2.80. The van der Waals surface area contributed by atoms with Crippen LogP contribution in [0.4, 0.5) is 0 Å². The summed E-state index contributed by atoms with van der Waals surface area (Å²) in [7, 11) is -2.07. The van der Waals surface area contributed by atoms with Gasteiger partial charge in [-0.15, -0.1) is 0 Å². The Hall–Kier alpha value is -0.313. The van der Waals surface area contributed by atoms with Crippen LogP contribution >= 0.6 is 0 Å². The molecule has 0 N–H and O–H groups in total. The average Bonchev–Trinajstić information content (AvgIpc) is 2.92. The fraction of sp³-hybridized carbons (Fsp3) is 0.938. The molecule has 0 aromatic heterocycles. The number of carbonyl (C=O) groups excluding carboxylic acids is 1. The van der Waals surface area contributed by atoms with Crippen LogP contribution in [0.1, 0.15) is 33.6 Å². The van der Waals surface area contributed by atoms with Gasteiger partial charge in [-0.05, 0) is 31.0 Å². The second-order valence-electron chi connectivity index (χ2n) is 8.57. The Labute approximate surface area is 137 Å². The van der Waals surface area contributed by atoms with Gasteiger partial charge in [-0.25, -0.2) is 0 Å². The number of rotatable bonds is 2. The third kappa shape index (κ3) is 2.14. The highest BCUT2D eigenvalue weighted by Crippen LogP contribution is 2.51. The van der Waals surface area contributed by atoms with Gasteiger partial charge in [-0.2, -0.15) is 0 Å². The summed E-state index contributed by atoms with van der Waals surface area (Å²) in [5.41, 5.74) is -0.694. The molecule has 0 unspecified atom stereocenters. The van der Waals surface area contributed by atoms with E-state index in [9.17, 15) is 4.79 Å². The van der Waals surface area contributed by atoms with Gasteiger partial charge in [0.15, 0.2) is 26.3 Å². The van der Waals surface area contributed by atoms with Crippen molar-refractivity contribution in [3.8, 4) is 0 Å². The summed E-state index contributed by atoms with van der Waals surface area (Å²) in [6.07, 6.45) is -0.189. The van der Waals surface area contributed by atoms with Crippen molar-refractivity contribution in [3.05, 3.63) is 0 Å². The molecule has 5 fully saturated rings. The molecule has 1 spiro atoms. The van der Waals surface area contributed by atoms with Crippen LogP contribution in [0.2, 0.25) is 18.1 Å². The number of ether oxygens (including phenoxy) is 4. The highest BCUT2D eigenvalue weighted by atomic mass is 28.4. The molecule has 130 valence electrons. The molecule has 4 bridgehead atoms. The summed E-state index contributed by atoms with van der Waals surface area (Å²) in [6, 6.07) is 0. The van der Waals surface area contributed by atoms with Gasteiger partial charge in [-0.1, -0.05) is 20.8 Å². The van der Waals surface area contributed by atoms with E-state index in [1.54, 1.807) is 0 Å². The van der Waals surface area contributed by atoms with E-state index in [0.29, 0.717) is 6.61 Å². The zero-order valence-electron chi connectivity index (χ0n) is 14.5. The molecule has 7 heteroatoms. The van der Waals surface area contributed by atoms with Crippen LogP contribution in [0.3, 0.4) is 0 Å². The topological polar surface area (TPSA) is 63.2 Å². The first kappa shape index (κ1) is 16.2. The third-order valence-corrected chi connectivity index (χ3v) is 10.6. The summed E-state index contributed by atoms with van der Waals surface area (Å²) < 4.78 is 29.9. The summed E-state index contributed by atoms with van der Waals surface area (Å²) >= 11 is 0. The molecule has 4 heterocycles. The highest BCUT2D eigenvalue weighted by molar-refractivity contribution is 6.74. The second kappa shape index (κ2) is 4.86. The smallest absolute Gasteiger partial charge is 0.273 e. The van der Waals surface area contributed by atoms with Gasteiger partial charge in [0.1, 0.15) is 17.8 Å². The molecular formula is C16H26O6Si. The lowest BCUT2D eigenvalue weighted by Gasteiger charge is -2.60. The number of Topliss-reactive ketones (excluding diaryl/α,β-unsaturated/α-hetero) is 1. The van der Waals surface area contributed by atoms with Crippen LogP contribution in [0.5, 0.6) is 0 Å². The van der Waals surface area contributed by atoms with E-state index in [1.807, 2.05) is 0 Å². The van der Waals surface area contributed by atoms with E-state index in [1.165, 1.54) is 0 Å². The SMILES string of the molecule is CC(C)(C)[Si](C)(C)O[C@H]1[C@H]2O[C@H]3O[C@@H](C2=O)[C@]2(CCCO2)[C@H]1O3. The van der Waals surface area contributed by atoms with Gasteiger partial charge in [0.05, 0.1) is 0 Å². The van der Waals surface area contributed by atoms with Crippen molar-refractivity contribution in [2.45, 2.75) is 88.2 Å². The predicted octanol–water partition coefficient (Wildman–Crippen LogP) is 1.98. The molecule has 23 heavy (non-hydrogen) atoms. The summed E-state index contributed by atoms with van der Waals surface area (Å²) in [4.78, 5) is 12.8. The highest BCUT2D eigenvalue weighted by Gasteiger charge is 2.71. The van der Waals surface area contributed by atoms with Crippen LogP contribution in [0.15, 0.2) is 0 Å². The first-order valence-corrected chi connectivity index (χ1v) is 11.4. The maximum atomic E-state index is 12.8. The summed E-state index contributed by atoms with van der Waals surface area (Å²) in [6.45, 7) is 10.8. The number of hydrogen-bond donors (Lipinski definition) is 0. The fourth-order valence-corrected chi connectivity index (χ4v) is 5.14. The lowest BCUT2D eigenvalue weighted by molar-refractivity contribution is -0.456. The predicted molar refractivity (Wildman–Crippen MR) is 83.4 cm³/mol. The number of ketones is 1. The van der Waals surface area contributed by atoms with E-state index in [-0.39, 0.29) is 16.9 Å². The largest absolute Gasteiger partial charge is 0.408 e.